The van der Waals surface area contributed by atoms with Crippen molar-refractivity contribution in [2.75, 3.05) is 6.54 Å². The first kappa shape index (κ1) is 9.19. The van der Waals surface area contributed by atoms with Gasteiger partial charge >= 0.3 is 0 Å². The summed E-state index contributed by atoms with van der Waals surface area (Å²) in [6.45, 7) is 1.59. The first-order valence-corrected chi connectivity index (χ1v) is 4.86. The van der Waals surface area contributed by atoms with Gasteiger partial charge in [-0.3, -0.25) is 4.99 Å². The maximum atomic E-state index is 12.8. The number of aliphatic imine (C=N–C) groups is 1. The number of nitrogens with one attached hydrogen (secondary N) is 1. The van der Waals surface area contributed by atoms with Gasteiger partial charge in [-0.05, 0) is 24.1 Å². The molecule has 1 aliphatic rings. The molecular weight excluding hydrogens is 179 g/mol. The molecule has 14 heavy (non-hydrogen) atoms. The van der Waals surface area contributed by atoms with E-state index < -0.39 is 0 Å². The van der Waals surface area contributed by atoms with Crippen molar-refractivity contribution in [1.82, 2.24) is 5.32 Å². The second-order valence-corrected chi connectivity index (χ2v) is 3.42. The molecule has 1 aliphatic heterocycles. The fraction of sp³-hybridized carbons (Fsp3) is 0.364. The number of halogens is 1. The van der Waals surface area contributed by atoms with Crippen LogP contribution in [0.2, 0.25) is 0 Å². The predicted octanol–water partition coefficient (Wildman–Crippen LogP) is 2.11. The van der Waals surface area contributed by atoms with Crippen LogP contribution in [0.15, 0.2) is 29.3 Å². The lowest BCUT2D eigenvalue weighted by Crippen LogP contribution is -2.20. The third kappa shape index (κ3) is 2.31. The van der Waals surface area contributed by atoms with Crippen molar-refractivity contribution in [2.24, 2.45) is 4.99 Å². The molecule has 0 saturated carbocycles. The molecule has 2 rings (SSSR count). The average Bonchev–Trinajstić information content (AvgIpc) is 2.67. The van der Waals surface area contributed by atoms with E-state index in [2.05, 4.69) is 10.3 Å². The summed E-state index contributed by atoms with van der Waals surface area (Å²) in [6.07, 6.45) is 2.15. The highest BCUT2D eigenvalue weighted by Crippen LogP contribution is 2.05. The fourth-order valence-corrected chi connectivity index (χ4v) is 1.53. The predicted molar refractivity (Wildman–Crippen MR) is 54.8 cm³/mol. The van der Waals surface area contributed by atoms with Crippen LogP contribution in [0.1, 0.15) is 18.4 Å². The molecule has 0 spiro atoms. The minimum atomic E-state index is -0.183. The second kappa shape index (κ2) is 4.22. The third-order valence-electron chi connectivity index (χ3n) is 2.26. The first-order valence-electron chi connectivity index (χ1n) is 4.86. The standard InChI is InChI=1S/C11H13FN2/c12-10-4-1-3-9(7-10)8-14-11-5-2-6-13-11/h1,3-4,7H,2,5-6,8H2,(H,13,14). The van der Waals surface area contributed by atoms with E-state index in [9.17, 15) is 4.39 Å². The van der Waals surface area contributed by atoms with Gasteiger partial charge in [0.25, 0.3) is 0 Å². The molecule has 1 aromatic rings. The van der Waals surface area contributed by atoms with Crippen LogP contribution in [0.4, 0.5) is 4.39 Å². The van der Waals surface area contributed by atoms with Crippen molar-refractivity contribution in [3.63, 3.8) is 0 Å². The maximum Gasteiger partial charge on any atom is 0.123 e. The summed E-state index contributed by atoms with van der Waals surface area (Å²) in [6, 6.07) is 6.63. The lowest BCUT2D eigenvalue weighted by Gasteiger charge is -2.05. The van der Waals surface area contributed by atoms with E-state index in [0.717, 1.165) is 30.8 Å². The van der Waals surface area contributed by atoms with Crippen molar-refractivity contribution in [2.45, 2.75) is 19.4 Å². The largest absolute Gasteiger partial charge is 0.370 e. The summed E-state index contributed by atoms with van der Waals surface area (Å²) in [5.41, 5.74) is 0.958. The summed E-state index contributed by atoms with van der Waals surface area (Å²) in [7, 11) is 0. The molecule has 0 bridgehead atoms. The molecule has 0 saturated heterocycles. The van der Waals surface area contributed by atoms with Gasteiger partial charge in [0.2, 0.25) is 0 Å². The molecule has 0 atom stereocenters. The number of hydrogen-bond acceptors (Lipinski definition) is 2. The van der Waals surface area contributed by atoms with Gasteiger partial charge in [0.15, 0.2) is 0 Å². The second-order valence-electron chi connectivity index (χ2n) is 3.42. The lowest BCUT2D eigenvalue weighted by molar-refractivity contribution is 0.624. The van der Waals surface area contributed by atoms with Crippen LogP contribution >= 0.6 is 0 Å². The molecular formula is C11H13FN2. The van der Waals surface area contributed by atoms with E-state index >= 15 is 0 Å². The average molecular weight is 192 g/mol. The molecule has 0 unspecified atom stereocenters. The molecule has 0 amide bonds. The Hall–Kier alpha value is -1.38. The highest BCUT2D eigenvalue weighted by Gasteiger charge is 2.04. The molecule has 1 aromatic carbocycles. The Labute approximate surface area is 82.9 Å². The van der Waals surface area contributed by atoms with Crippen molar-refractivity contribution < 1.29 is 4.39 Å². The summed E-state index contributed by atoms with van der Waals surface area (Å²) < 4.78 is 12.8. The quantitative estimate of drug-likeness (QED) is 0.762. The van der Waals surface area contributed by atoms with Gasteiger partial charge < -0.3 is 5.32 Å². The normalized spacial score (nSPS) is 15.4. The van der Waals surface area contributed by atoms with E-state index in [1.54, 1.807) is 12.1 Å². The van der Waals surface area contributed by atoms with E-state index in [-0.39, 0.29) is 5.82 Å². The minimum absolute atomic E-state index is 0.183. The van der Waals surface area contributed by atoms with Gasteiger partial charge in [-0.15, -0.1) is 0 Å². The van der Waals surface area contributed by atoms with Crippen LogP contribution in [-0.4, -0.2) is 12.4 Å². The van der Waals surface area contributed by atoms with Gasteiger partial charge in [0.05, 0.1) is 5.84 Å². The van der Waals surface area contributed by atoms with Crippen molar-refractivity contribution in [3.05, 3.63) is 35.6 Å². The molecule has 1 heterocycles. The maximum absolute atomic E-state index is 12.8. The monoisotopic (exact) mass is 192 g/mol. The molecule has 0 fully saturated rings. The molecule has 3 heteroatoms. The third-order valence-corrected chi connectivity index (χ3v) is 2.26. The number of nitrogens with zero attached hydrogens (tertiary/aromatic N) is 1. The highest BCUT2D eigenvalue weighted by molar-refractivity contribution is 5.83. The fourth-order valence-electron chi connectivity index (χ4n) is 1.53. The van der Waals surface area contributed by atoms with Crippen LogP contribution in [0.3, 0.4) is 0 Å². The molecule has 1 N–H and O–H groups in total. The van der Waals surface area contributed by atoms with Gasteiger partial charge in [0, 0.05) is 19.5 Å². The van der Waals surface area contributed by atoms with Gasteiger partial charge in [-0.2, -0.15) is 0 Å². The Morgan fingerprint density at radius 3 is 3.07 bits per heavy atom. The molecule has 74 valence electrons. The van der Waals surface area contributed by atoms with Crippen LogP contribution < -0.4 is 5.32 Å². The molecule has 0 radical (unpaired) electrons. The molecule has 0 aromatic heterocycles. The SMILES string of the molecule is Fc1cccc(CNC2=NCCC2)c1. The summed E-state index contributed by atoms with van der Waals surface area (Å²) in [5, 5.41) is 3.21. The van der Waals surface area contributed by atoms with E-state index in [1.165, 1.54) is 6.07 Å². The van der Waals surface area contributed by atoms with Gasteiger partial charge in [0.1, 0.15) is 5.82 Å². The molecule has 2 nitrogen and oxygen atoms in total. The topological polar surface area (TPSA) is 24.4 Å². The minimum Gasteiger partial charge on any atom is -0.370 e. The first-order chi connectivity index (χ1) is 6.84. The van der Waals surface area contributed by atoms with Crippen molar-refractivity contribution in [3.8, 4) is 0 Å². The Morgan fingerprint density at radius 2 is 2.36 bits per heavy atom. The smallest absolute Gasteiger partial charge is 0.123 e. The van der Waals surface area contributed by atoms with Crippen LogP contribution in [0, 0.1) is 5.82 Å². The zero-order chi connectivity index (χ0) is 9.80. The Bertz CT molecular complexity index is 347. The Balaban J connectivity index is 1.91. The zero-order valence-corrected chi connectivity index (χ0v) is 7.96. The van der Waals surface area contributed by atoms with E-state index in [4.69, 9.17) is 0 Å². The lowest BCUT2D eigenvalue weighted by atomic mass is 10.2. The molecule has 0 aliphatic carbocycles. The Morgan fingerprint density at radius 1 is 1.43 bits per heavy atom. The number of benzene rings is 1. The van der Waals surface area contributed by atoms with Crippen molar-refractivity contribution in [1.29, 1.82) is 0 Å². The van der Waals surface area contributed by atoms with Crippen molar-refractivity contribution >= 4 is 5.84 Å². The number of rotatable bonds is 2. The van der Waals surface area contributed by atoms with Crippen LogP contribution in [-0.2, 0) is 6.54 Å². The van der Waals surface area contributed by atoms with Crippen LogP contribution in [0.25, 0.3) is 0 Å². The summed E-state index contributed by atoms with van der Waals surface area (Å²) in [5.74, 6) is 0.868. The van der Waals surface area contributed by atoms with Gasteiger partial charge in [-0.25, -0.2) is 4.39 Å². The van der Waals surface area contributed by atoms with E-state index in [1.807, 2.05) is 6.07 Å². The zero-order valence-electron chi connectivity index (χ0n) is 7.96. The van der Waals surface area contributed by atoms with Gasteiger partial charge in [-0.1, -0.05) is 12.1 Å². The Kier molecular flexibility index (Phi) is 2.77. The number of amidine groups is 1. The van der Waals surface area contributed by atoms with Crippen LogP contribution in [0.5, 0.6) is 0 Å². The van der Waals surface area contributed by atoms with E-state index in [0.29, 0.717) is 6.54 Å². The summed E-state index contributed by atoms with van der Waals surface area (Å²) >= 11 is 0. The summed E-state index contributed by atoms with van der Waals surface area (Å²) in [4.78, 5) is 4.28. The number of hydrogen-bond donors (Lipinski definition) is 1. The highest BCUT2D eigenvalue weighted by atomic mass is 19.1.